The average Bonchev–Trinajstić information content (AvgIpc) is 2.14. The Morgan fingerprint density at radius 3 is 2.50 bits per heavy atom. The molecule has 0 aromatic heterocycles. The van der Waals surface area contributed by atoms with E-state index in [9.17, 15) is 8.78 Å². The van der Waals surface area contributed by atoms with Gasteiger partial charge in [-0.2, -0.15) is 0 Å². The Morgan fingerprint density at radius 1 is 1.29 bits per heavy atom. The minimum atomic E-state index is -2.80. The molecule has 0 aliphatic heterocycles. The Bertz CT molecular complexity index is 292. The zero-order chi connectivity index (χ0) is 10.6. The second kappa shape index (κ2) is 4.51. The second-order valence-electron chi connectivity index (χ2n) is 3.18. The van der Waals surface area contributed by atoms with Gasteiger partial charge in [-0.1, -0.05) is 24.3 Å². The van der Waals surface area contributed by atoms with Crippen molar-refractivity contribution in [2.24, 2.45) is 0 Å². The van der Waals surface area contributed by atoms with Crippen molar-refractivity contribution in [3.05, 3.63) is 35.4 Å². The molecule has 0 bridgehead atoms. The topological polar surface area (TPSA) is 9.23 Å². The first-order valence-electron chi connectivity index (χ1n) is 4.59. The predicted molar refractivity (Wildman–Crippen MR) is 51.3 cm³/mol. The lowest BCUT2D eigenvalue weighted by molar-refractivity contribution is 0.0141. The third kappa shape index (κ3) is 2.77. The minimum absolute atomic E-state index is 0.0495. The molecule has 0 amide bonds. The van der Waals surface area contributed by atoms with Gasteiger partial charge in [0.1, 0.15) is 0 Å². The van der Waals surface area contributed by atoms with Crippen molar-refractivity contribution in [2.45, 2.75) is 26.4 Å². The summed E-state index contributed by atoms with van der Waals surface area (Å²) >= 11 is 0. The fraction of sp³-hybridized carbons (Fsp3) is 0.455. The van der Waals surface area contributed by atoms with Crippen LogP contribution in [0.1, 0.15) is 25.0 Å². The number of benzene rings is 1. The van der Waals surface area contributed by atoms with Crippen LogP contribution in [0.3, 0.4) is 0 Å². The second-order valence-corrected chi connectivity index (χ2v) is 3.18. The monoisotopic (exact) mass is 200 g/mol. The molecule has 1 nitrogen and oxygen atoms in total. The first-order valence-corrected chi connectivity index (χ1v) is 4.59. The van der Waals surface area contributed by atoms with Crippen molar-refractivity contribution >= 4 is 0 Å². The van der Waals surface area contributed by atoms with Crippen LogP contribution in [0.25, 0.3) is 0 Å². The first kappa shape index (κ1) is 11.1. The highest BCUT2D eigenvalue weighted by molar-refractivity contribution is 5.29. The molecular weight excluding hydrogens is 186 g/mol. The first-order chi connectivity index (χ1) is 6.55. The van der Waals surface area contributed by atoms with E-state index in [-0.39, 0.29) is 12.2 Å². The smallest absolute Gasteiger partial charge is 0.270 e. The summed E-state index contributed by atoms with van der Waals surface area (Å²) in [5, 5.41) is 0. The molecule has 0 aliphatic rings. The zero-order valence-electron chi connectivity index (χ0n) is 8.39. The number of halogens is 2. The molecule has 14 heavy (non-hydrogen) atoms. The van der Waals surface area contributed by atoms with Gasteiger partial charge in [0.15, 0.2) is 0 Å². The molecule has 0 saturated heterocycles. The molecule has 0 unspecified atom stereocenters. The Balaban J connectivity index is 2.92. The number of hydrogen-bond acceptors (Lipinski definition) is 1. The fourth-order valence-electron chi connectivity index (χ4n) is 1.29. The van der Waals surface area contributed by atoms with Crippen molar-refractivity contribution in [1.29, 1.82) is 0 Å². The molecule has 0 spiro atoms. The highest BCUT2D eigenvalue weighted by Crippen LogP contribution is 2.29. The Labute approximate surface area is 82.7 Å². The van der Waals surface area contributed by atoms with Gasteiger partial charge in [-0.15, -0.1) is 0 Å². The summed E-state index contributed by atoms with van der Waals surface area (Å²) < 4.78 is 31.3. The van der Waals surface area contributed by atoms with Gasteiger partial charge in [0.05, 0.1) is 6.61 Å². The van der Waals surface area contributed by atoms with Crippen molar-refractivity contribution in [3.8, 4) is 0 Å². The Kier molecular flexibility index (Phi) is 3.58. The van der Waals surface area contributed by atoms with E-state index >= 15 is 0 Å². The lowest BCUT2D eigenvalue weighted by atomic mass is 10.0. The quantitative estimate of drug-likeness (QED) is 0.724. The summed E-state index contributed by atoms with van der Waals surface area (Å²) in [5.41, 5.74) is 0.607. The summed E-state index contributed by atoms with van der Waals surface area (Å²) in [6.07, 6.45) is 0. The van der Waals surface area contributed by atoms with Crippen molar-refractivity contribution < 1.29 is 13.5 Å². The summed E-state index contributed by atoms with van der Waals surface area (Å²) in [5.74, 6) is -2.80. The Morgan fingerprint density at radius 2 is 1.93 bits per heavy atom. The summed E-state index contributed by atoms with van der Waals surface area (Å²) in [4.78, 5) is 0. The van der Waals surface area contributed by atoms with Crippen molar-refractivity contribution in [2.75, 3.05) is 6.61 Å². The number of ether oxygens (including phenoxy) is 1. The molecule has 0 radical (unpaired) electrons. The van der Waals surface area contributed by atoms with Crippen LogP contribution in [0.4, 0.5) is 8.78 Å². The van der Waals surface area contributed by atoms with Crippen LogP contribution in [-0.2, 0) is 17.3 Å². The van der Waals surface area contributed by atoms with Crippen molar-refractivity contribution in [1.82, 2.24) is 0 Å². The van der Waals surface area contributed by atoms with Gasteiger partial charge in [0, 0.05) is 19.1 Å². The maximum Gasteiger partial charge on any atom is 0.270 e. The van der Waals surface area contributed by atoms with E-state index in [0.29, 0.717) is 12.2 Å². The predicted octanol–water partition coefficient (Wildman–Crippen LogP) is 3.33. The highest BCUT2D eigenvalue weighted by Gasteiger charge is 2.26. The maximum atomic E-state index is 13.1. The van der Waals surface area contributed by atoms with E-state index in [4.69, 9.17) is 4.74 Å². The molecule has 0 heterocycles. The molecule has 0 saturated carbocycles. The lowest BCUT2D eigenvalue weighted by Gasteiger charge is -2.15. The fourth-order valence-corrected chi connectivity index (χ4v) is 1.29. The van der Waals surface area contributed by atoms with Crippen LogP contribution in [0, 0.1) is 0 Å². The van der Waals surface area contributed by atoms with Gasteiger partial charge in [-0.25, -0.2) is 8.78 Å². The Hall–Kier alpha value is -0.960. The van der Waals surface area contributed by atoms with E-state index in [0.717, 1.165) is 6.92 Å². The van der Waals surface area contributed by atoms with Crippen LogP contribution in [0.15, 0.2) is 24.3 Å². The molecule has 78 valence electrons. The van der Waals surface area contributed by atoms with Gasteiger partial charge in [-0.05, 0) is 12.5 Å². The van der Waals surface area contributed by atoms with Crippen LogP contribution in [-0.4, -0.2) is 6.61 Å². The average molecular weight is 200 g/mol. The van der Waals surface area contributed by atoms with Gasteiger partial charge < -0.3 is 4.74 Å². The van der Waals surface area contributed by atoms with Gasteiger partial charge in [-0.3, -0.25) is 0 Å². The van der Waals surface area contributed by atoms with E-state index in [2.05, 4.69) is 0 Å². The van der Waals surface area contributed by atoms with Crippen LogP contribution in [0.2, 0.25) is 0 Å². The highest BCUT2D eigenvalue weighted by atomic mass is 19.3. The summed E-state index contributed by atoms with van der Waals surface area (Å²) in [6.45, 7) is 3.52. The molecule has 0 aliphatic carbocycles. The summed E-state index contributed by atoms with van der Waals surface area (Å²) in [7, 11) is 0. The molecule has 0 N–H and O–H groups in total. The van der Waals surface area contributed by atoms with Gasteiger partial charge in [0.2, 0.25) is 0 Å². The minimum Gasteiger partial charge on any atom is -0.377 e. The van der Waals surface area contributed by atoms with Crippen LogP contribution in [0.5, 0.6) is 0 Å². The zero-order valence-corrected chi connectivity index (χ0v) is 8.39. The number of hydrogen-bond donors (Lipinski definition) is 0. The van der Waals surface area contributed by atoms with E-state index in [1.807, 2.05) is 6.92 Å². The third-order valence-electron chi connectivity index (χ3n) is 1.95. The molecule has 1 aromatic rings. The standard InChI is InChI=1S/C11H14F2O/c1-3-14-8-9-6-4-5-7-10(9)11(2,12)13/h4-7H,3,8H2,1-2H3. The van der Waals surface area contributed by atoms with E-state index in [1.165, 1.54) is 6.07 Å². The van der Waals surface area contributed by atoms with Crippen LogP contribution >= 0.6 is 0 Å². The van der Waals surface area contributed by atoms with E-state index < -0.39 is 5.92 Å². The molecule has 0 fully saturated rings. The molecule has 1 rings (SSSR count). The molecular formula is C11H14F2O. The number of rotatable bonds is 4. The molecule has 0 atom stereocenters. The SMILES string of the molecule is CCOCc1ccccc1C(C)(F)F. The van der Waals surface area contributed by atoms with Gasteiger partial charge in [0.25, 0.3) is 5.92 Å². The molecule has 3 heteroatoms. The number of alkyl halides is 2. The van der Waals surface area contributed by atoms with Crippen LogP contribution < -0.4 is 0 Å². The third-order valence-corrected chi connectivity index (χ3v) is 1.95. The maximum absolute atomic E-state index is 13.1. The van der Waals surface area contributed by atoms with Crippen molar-refractivity contribution in [3.63, 3.8) is 0 Å². The lowest BCUT2D eigenvalue weighted by Crippen LogP contribution is -2.11. The largest absolute Gasteiger partial charge is 0.377 e. The summed E-state index contributed by atoms with van der Waals surface area (Å²) in [6, 6.07) is 6.46. The van der Waals surface area contributed by atoms with E-state index in [1.54, 1.807) is 18.2 Å². The molecule has 1 aromatic carbocycles. The van der Waals surface area contributed by atoms with Gasteiger partial charge >= 0.3 is 0 Å². The normalized spacial score (nSPS) is 11.7.